The number of carbonyl (C=O) groups excluding carboxylic acids is 3. The van der Waals surface area contributed by atoms with Crippen molar-refractivity contribution < 1.29 is 19.1 Å². The normalized spacial score (nSPS) is 9.86. The third-order valence-electron chi connectivity index (χ3n) is 2.72. The van der Waals surface area contributed by atoms with E-state index in [1.807, 2.05) is 22.6 Å². The van der Waals surface area contributed by atoms with Crippen molar-refractivity contribution in [2.75, 3.05) is 6.61 Å². The number of halogens is 1. The van der Waals surface area contributed by atoms with Crippen molar-refractivity contribution in [1.82, 2.24) is 5.32 Å². The van der Waals surface area contributed by atoms with Gasteiger partial charge in [0.15, 0.2) is 6.61 Å². The van der Waals surface area contributed by atoms with E-state index in [2.05, 4.69) is 5.32 Å². The number of nitrogens with one attached hydrogen (secondary N) is 1. The van der Waals surface area contributed by atoms with Crippen molar-refractivity contribution in [2.45, 2.75) is 0 Å². The molecule has 2 aromatic rings. The summed E-state index contributed by atoms with van der Waals surface area (Å²) >= 11 is 2.00. The van der Waals surface area contributed by atoms with Crippen LogP contribution in [0.1, 0.15) is 20.7 Å². The number of ether oxygens (including phenoxy) is 1. The zero-order valence-electron chi connectivity index (χ0n) is 11.4. The van der Waals surface area contributed by atoms with E-state index < -0.39 is 24.4 Å². The first kappa shape index (κ1) is 16.2. The van der Waals surface area contributed by atoms with Crippen LogP contribution in [0.4, 0.5) is 0 Å². The Balaban J connectivity index is 1.87. The van der Waals surface area contributed by atoms with Gasteiger partial charge in [-0.25, -0.2) is 4.79 Å². The van der Waals surface area contributed by atoms with Gasteiger partial charge in [-0.05, 0) is 46.9 Å². The number of rotatable bonds is 4. The minimum absolute atomic E-state index is 0.361. The highest BCUT2D eigenvalue weighted by Crippen LogP contribution is 2.12. The predicted molar refractivity (Wildman–Crippen MR) is 88.4 cm³/mol. The fourth-order valence-corrected chi connectivity index (χ4v) is 2.27. The van der Waals surface area contributed by atoms with Gasteiger partial charge < -0.3 is 4.74 Å². The maximum absolute atomic E-state index is 11.8. The van der Waals surface area contributed by atoms with Crippen LogP contribution in [0.2, 0.25) is 0 Å². The van der Waals surface area contributed by atoms with Crippen LogP contribution in [-0.4, -0.2) is 24.4 Å². The molecule has 0 bridgehead atoms. The molecular weight excluding hydrogens is 397 g/mol. The molecule has 0 aliphatic carbocycles. The third-order valence-corrected chi connectivity index (χ3v) is 3.66. The zero-order chi connectivity index (χ0) is 15.9. The summed E-state index contributed by atoms with van der Waals surface area (Å²) in [7, 11) is 0. The quantitative estimate of drug-likeness (QED) is 0.622. The maximum Gasteiger partial charge on any atom is 0.339 e. The number of carbonyl (C=O) groups is 3. The van der Waals surface area contributed by atoms with Crippen LogP contribution in [0.25, 0.3) is 0 Å². The molecule has 2 aromatic carbocycles. The Bertz CT molecular complexity index is 700. The highest BCUT2D eigenvalue weighted by atomic mass is 127. The van der Waals surface area contributed by atoms with Crippen LogP contribution >= 0.6 is 22.6 Å². The predicted octanol–water partition coefficient (Wildman–Crippen LogP) is 2.40. The van der Waals surface area contributed by atoms with Crippen molar-refractivity contribution in [3.8, 4) is 0 Å². The number of hydrogen-bond donors (Lipinski definition) is 1. The molecule has 0 aliphatic heterocycles. The SMILES string of the molecule is O=C(COC(=O)c1ccccc1I)NC(=O)c1ccccc1. The van der Waals surface area contributed by atoms with Gasteiger partial charge in [-0.15, -0.1) is 0 Å². The maximum atomic E-state index is 11.8. The number of esters is 1. The van der Waals surface area contributed by atoms with Gasteiger partial charge in [0.1, 0.15) is 0 Å². The van der Waals surface area contributed by atoms with Gasteiger partial charge in [0, 0.05) is 9.13 Å². The Kier molecular flexibility index (Phi) is 5.65. The van der Waals surface area contributed by atoms with E-state index >= 15 is 0 Å². The summed E-state index contributed by atoms with van der Waals surface area (Å²) < 4.78 is 5.63. The molecule has 0 spiro atoms. The van der Waals surface area contributed by atoms with Gasteiger partial charge in [0.2, 0.25) is 0 Å². The fourth-order valence-electron chi connectivity index (χ4n) is 1.66. The standard InChI is InChI=1S/C16H12INO4/c17-13-9-5-4-8-12(13)16(21)22-10-14(19)18-15(20)11-6-2-1-3-7-11/h1-9H,10H2,(H,18,19,20). The second-order valence-corrected chi connectivity index (χ2v) is 5.46. The molecule has 112 valence electrons. The summed E-state index contributed by atoms with van der Waals surface area (Å²) in [5.74, 6) is -1.81. The molecule has 0 unspecified atom stereocenters. The van der Waals surface area contributed by atoms with E-state index in [4.69, 9.17) is 4.74 Å². The topological polar surface area (TPSA) is 72.5 Å². The number of hydrogen-bond acceptors (Lipinski definition) is 4. The molecule has 0 fully saturated rings. The average Bonchev–Trinajstić information content (AvgIpc) is 2.54. The zero-order valence-corrected chi connectivity index (χ0v) is 13.6. The highest BCUT2D eigenvalue weighted by Gasteiger charge is 2.14. The molecule has 0 radical (unpaired) electrons. The number of benzene rings is 2. The lowest BCUT2D eigenvalue weighted by atomic mass is 10.2. The van der Waals surface area contributed by atoms with Crippen LogP contribution in [0.15, 0.2) is 54.6 Å². The molecule has 2 amide bonds. The average molecular weight is 409 g/mol. The summed E-state index contributed by atoms with van der Waals surface area (Å²) in [6.45, 7) is -0.512. The summed E-state index contributed by atoms with van der Waals surface area (Å²) in [6, 6.07) is 15.2. The summed E-state index contributed by atoms with van der Waals surface area (Å²) in [4.78, 5) is 35.2. The third kappa shape index (κ3) is 4.39. The largest absolute Gasteiger partial charge is 0.452 e. The Morgan fingerprint density at radius 2 is 1.59 bits per heavy atom. The first-order valence-corrected chi connectivity index (χ1v) is 7.46. The molecule has 0 saturated carbocycles. The summed E-state index contributed by atoms with van der Waals surface area (Å²) in [5, 5.41) is 2.16. The molecule has 5 nitrogen and oxygen atoms in total. The molecule has 0 aromatic heterocycles. The van der Waals surface area contributed by atoms with Gasteiger partial charge in [-0.1, -0.05) is 30.3 Å². The molecule has 6 heteroatoms. The van der Waals surface area contributed by atoms with Crippen LogP contribution in [0, 0.1) is 3.57 Å². The Hall–Kier alpha value is -2.22. The Morgan fingerprint density at radius 3 is 2.27 bits per heavy atom. The van der Waals surface area contributed by atoms with Gasteiger partial charge >= 0.3 is 5.97 Å². The van der Waals surface area contributed by atoms with Crippen molar-refractivity contribution in [3.63, 3.8) is 0 Å². The van der Waals surface area contributed by atoms with E-state index in [1.165, 1.54) is 0 Å². The Labute approximate surface area is 140 Å². The second kappa shape index (κ2) is 7.69. The highest BCUT2D eigenvalue weighted by molar-refractivity contribution is 14.1. The van der Waals surface area contributed by atoms with Gasteiger partial charge in [0.05, 0.1) is 5.56 Å². The first-order chi connectivity index (χ1) is 10.6. The van der Waals surface area contributed by atoms with E-state index in [9.17, 15) is 14.4 Å². The number of imide groups is 1. The molecule has 0 heterocycles. The molecule has 0 saturated heterocycles. The minimum Gasteiger partial charge on any atom is -0.452 e. The molecular formula is C16H12INO4. The lowest BCUT2D eigenvalue weighted by Gasteiger charge is -2.07. The van der Waals surface area contributed by atoms with Crippen LogP contribution in [-0.2, 0) is 9.53 Å². The van der Waals surface area contributed by atoms with E-state index in [1.54, 1.807) is 54.6 Å². The second-order valence-electron chi connectivity index (χ2n) is 4.30. The fraction of sp³-hybridized carbons (Fsp3) is 0.0625. The van der Waals surface area contributed by atoms with E-state index in [0.29, 0.717) is 11.1 Å². The summed E-state index contributed by atoms with van der Waals surface area (Å²) in [6.07, 6.45) is 0. The lowest BCUT2D eigenvalue weighted by molar-refractivity contribution is -0.123. The van der Waals surface area contributed by atoms with Crippen molar-refractivity contribution in [3.05, 3.63) is 69.3 Å². The molecule has 22 heavy (non-hydrogen) atoms. The molecule has 1 N–H and O–H groups in total. The molecule has 0 aliphatic rings. The van der Waals surface area contributed by atoms with Crippen molar-refractivity contribution >= 4 is 40.4 Å². The van der Waals surface area contributed by atoms with Crippen LogP contribution < -0.4 is 5.32 Å². The number of amides is 2. The Morgan fingerprint density at radius 1 is 0.955 bits per heavy atom. The lowest BCUT2D eigenvalue weighted by Crippen LogP contribution is -2.34. The molecule has 0 atom stereocenters. The van der Waals surface area contributed by atoms with Crippen molar-refractivity contribution in [2.24, 2.45) is 0 Å². The van der Waals surface area contributed by atoms with E-state index in [-0.39, 0.29) is 0 Å². The monoisotopic (exact) mass is 409 g/mol. The van der Waals surface area contributed by atoms with Gasteiger partial charge in [0.25, 0.3) is 11.8 Å². The minimum atomic E-state index is -0.673. The summed E-state index contributed by atoms with van der Waals surface area (Å²) in [5.41, 5.74) is 0.741. The van der Waals surface area contributed by atoms with Gasteiger partial charge in [-0.3, -0.25) is 14.9 Å². The van der Waals surface area contributed by atoms with Crippen molar-refractivity contribution in [1.29, 1.82) is 0 Å². The van der Waals surface area contributed by atoms with Crippen LogP contribution in [0.3, 0.4) is 0 Å². The van der Waals surface area contributed by atoms with E-state index in [0.717, 1.165) is 3.57 Å². The first-order valence-electron chi connectivity index (χ1n) is 6.39. The molecule has 2 rings (SSSR count). The van der Waals surface area contributed by atoms with Gasteiger partial charge in [-0.2, -0.15) is 0 Å². The van der Waals surface area contributed by atoms with Crippen LogP contribution in [0.5, 0.6) is 0 Å². The smallest absolute Gasteiger partial charge is 0.339 e.